The van der Waals surface area contributed by atoms with Gasteiger partial charge in [-0.05, 0) is 42.3 Å². The number of carbonyl (C=O) groups is 1. The third kappa shape index (κ3) is 3.09. The lowest BCUT2D eigenvalue weighted by Gasteiger charge is -2.27. The van der Waals surface area contributed by atoms with Gasteiger partial charge in [0, 0.05) is 29.8 Å². The zero-order valence-electron chi connectivity index (χ0n) is 11.7. The summed E-state index contributed by atoms with van der Waals surface area (Å²) >= 11 is 3.38. The first-order valence-electron chi connectivity index (χ1n) is 6.75. The van der Waals surface area contributed by atoms with Crippen molar-refractivity contribution in [1.29, 1.82) is 0 Å². The summed E-state index contributed by atoms with van der Waals surface area (Å²) in [5, 5.41) is 0. The van der Waals surface area contributed by atoms with Gasteiger partial charge in [-0.25, -0.2) is 8.42 Å². The van der Waals surface area contributed by atoms with E-state index in [2.05, 4.69) is 15.9 Å². The summed E-state index contributed by atoms with van der Waals surface area (Å²) in [6.45, 7) is 5.08. The Hall–Kier alpha value is -0.820. The van der Waals surface area contributed by atoms with Crippen LogP contribution in [-0.2, 0) is 16.4 Å². The molecule has 112 valence electrons. The molecule has 1 atom stereocenters. The van der Waals surface area contributed by atoms with E-state index in [9.17, 15) is 13.2 Å². The van der Waals surface area contributed by atoms with Gasteiger partial charge in [-0.1, -0.05) is 0 Å². The van der Waals surface area contributed by atoms with Gasteiger partial charge >= 0.3 is 0 Å². The molecule has 1 aromatic rings. The summed E-state index contributed by atoms with van der Waals surface area (Å²) in [4.78, 5) is 14.3. The van der Waals surface area contributed by atoms with Crippen LogP contribution in [0.5, 0.6) is 0 Å². The molecule has 20 heavy (non-hydrogen) atoms. The number of aromatic nitrogens is 1. The Morgan fingerprint density at radius 1 is 1.50 bits per heavy atom. The normalized spacial score (nSPS) is 21.1. The standard InChI is InChI=1S/C13H19BrN2O3S/c1-3-15-8-10(14)7-12(15)13(17)16(4-2)11-5-6-20(18,19)9-11/h7-8,11H,3-6,9H2,1-2H3. The summed E-state index contributed by atoms with van der Waals surface area (Å²) in [6.07, 6.45) is 2.41. The molecular formula is C13H19BrN2O3S. The summed E-state index contributed by atoms with van der Waals surface area (Å²) in [7, 11) is -2.99. The van der Waals surface area contributed by atoms with Gasteiger partial charge in [-0.2, -0.15) is 0 Å². The van der Waals surface area contributed by atoms with Gasteiger partial charge in [0.1, 0.15) is 5.69 Å². The van der Waals surface area contributed by atoms with E-state index in [4.69, 9.17) is 0 Å². The van der Waals surface area contributed by atoms with E-state index in [0.29, 0.717) is 25.2 Å². The van der Waals surface area contributed by atoms with Crippen molar-refractivity contribution in [2.45, 2.75) is 32.9 Å². The van der Waals surface area contributed by atoms with Crippen LogP contribution < -0.4 is 0 Å². The second-order valence-electron chi connectivity index (χ2n) is 4.98. The van der Waals surface area contributed by atoms with Crippen molar-refractivity contribution in [3.63, 3.8) is 0 Å². The van der Waals surface area contributed by atoms with E-state index in [-0.39, 0.29) is 23.5 Å². The molecule has 1 aromatic heterocycles. The molecule has 0 N–H and O–H groups in total. The molecule has 7 heteroatoms. The Morgan fingerprint density at radius 3 is 2.70 bits per heavy atom. The fraction of sp³-hybridized carbons (Fsp3) is 0.615. The quantitative estimate of drug-likeness (QED) is 0.821. The van der Waals surface area contributed by atoms with Gasteiger partial charge in [-0.15, -0.1) is 0 Å². The number of amides is 1. The van der Waals surface area contributed by atoms with Crippen LogP contribution in [0, 0.1) is 0 Å². The van der Waals surface area contributed by atoms with E-state index < -0.39 is 9.84 Å². The lowest BCUT2D eigenvalue weighted by atomic mass is 10.2. The van der Waals surface area contributed by atoms with E-state index in [1.165, 1.54) is 0 Å². The van der Waals surface area contributed by atoms with Crippen LogP contribution in [-0.4, -0.2) is 47.9 Å². The molecular weight excluding hydrogens is 344 g/mol. The van der Waals surface area contributed by atoms with Crippen LogP contribution in [0.15, 0.2) is 16.7 Å². The average Bonchev–Trinajstić information content (AvgIpc) is 2.93. The molecule has 5 nitrogen and oxygen atoms in total. The fourth-order valence-corrected chi connectivity index (χ4v) is 4.85. The molecule has 0 aliphatic carbocycles. The molecule has 0 aromatic carbocycles. The smallest absolute Gasteiger partial charge is 0.270 e. The predicted octanol–water partition coefficient (Wildman–Crippen LogP) is 1.92. The van der Waals surface area contributed by atoms with Crippen LogP contribution in [0.2, 0.25) is 0 Å². The molecule has 0 bridgehead atoms. The second-order valence-corrected chi connectivity index (χ2v) is 8.12. The third-order valence-corrected chi connectivity index (χ3v) is 5.86. The highest BCUT2D eigenvalue weighted by atomic mass is 79.9. The van der Waals surface area contributed by atoms with Crippen molar-refractivity contribution < 1.29 is 13.2 Å². The Bertz CT molecular complexity index is 609. The number of nitrogens with zero attached hydrogens (tertiary/aromatic N) is 2. The summed E-state index contributed by atoms with van der Waals surface area (Å²) < 4.78 is 25.9. The molecule has 2 heterocycles. The topological polar surface area (TPSA) is 59.4 Å². The molecule has 1 aliphatic rings. The summed E-state index contributed by atoms with van der Waals surface area (Å²) in [5.41, 5.74) is 0.602. The molecule has 0 radical (unpaired) electrons. The molecule has 0 spiro atoms. The Labute approximate surface area is 128 Å². The highest BCUT2D eigenvalue weighted by Gasteiger charge is 2.34. The highest BCUT2D eigenvalue weighted by molar-refractivity contribution is 9.10. The Kier molecular flexibility index (Phi) is 4.59. The van der Waals surface area contributed by atoms with E-state index >= 15 is 0 Å². The first-order chi connectivity index (χ1) is 9.38. The zero-order chi connectivity index (χ0) is 14.9. The Morgan fingerprint density at radius 2 is 2.20 bits per heavy atom. The Balaban J connectivity index is 2.25. The maximum Gasteiger partial charge on any atom is 0.270 e. The molecule has 1 saturated heterocycles. The van der Waals surface area contributed by atoms with Gasteiger partial charge < -0.3 is 9.47 Å². The predicted molar refractivity (Wildman–Crippen MR) is 81.6 cm³/mol. The molecule has 1 amide bonds. The lowest BCUT2D eigenvalue weighted by molar-refractivity contribution is 0.0697. The van der Waals surface area contributed by atoms with Crippen molar-refractivity contribution in [2.75, 3.05) is 18.1 Å². The molecule has 2 rings (SSSR count). The van der Waals surface area contributed by atoms with Gasteiger partial charge in [0.2, 0.25) is 0 Å². The fourth-order valence-electron chi connectivity index (χ4n) is 2.65. The van der Waals surface area contributed by atoms with Crippen molar-refractivity contribution in [1.82, 2.24) is 9.47 Å². The zero-order valence-corrected chi connectivity index (χ0v) is 14.1. The number of halogens is 1. The van der Waals surface area contributed by atoms with Gasteiger partial charge in [-0.3, -0.25) is 4.79 Å². The summed E-state index contributed by atoms with van der Waals surface area (Å²) in [5.74, 6) is 0.169. The number of aryl methyl sites for hydroxylation is 1. The molecule has 1 fully saturated rings. The van der Waals surface area contributed by atoms with E-state index in [1.54, 1.807) is 11.0 Å². The van der Waals surface area contributed by atoms with Crippen molar-refractivity contribution in [3.8, 4) is 0 Å². The van der Waals surface area contributed by atoms with Gasteiger partial charge in [0.25, 0.3) is 5.91 Å². The van der Waals surface area contributed by atoms with Crippen LogP contribution in [0.25, 0.3) is 0 Å². The minimum Gasteiger partial charge on any atom is -0.343 e. The average molecular weight is 363 g/mol. The molecule has 1 unspecified atom stereocenters. The monoisotopic (exact) mass is 362 g/mol. The number of hydrogen-bond donors (Lipinski definition) is 0. The number of hydrogen-bond acceptors (Lipinski definition) is 3. The number of carbonyl (C=O) groups excluding carboxylic acids is 1. The van der Waals surface area contributed by atoms with Crippen LogP contribution in [0.4, 0.5) is 0 Å². The number of sulfone groups is 1. The van der Waals surface area contributed by atoms with E-state index in [1.807, 2.05) is 24.6 Å². The first-order valence-corrected chi connectivity index (χ1v) is 9.36. The van der Waals surface area contributed by atoms with Crippen molar-refractivity contribution in [2.24, 2.45) is 0 Å². The van der Waals surface area contributed by atoms with Gasteiger partial charge in [0.05, 0.1) is 11.5 Å². The minimum absolute atomic E-state index is 0.0839. The number of rotatable bonds is 4. The van der Waals surface area contributed by atoms with Gasteiger partial charge in [0.15, 0.2) is 9.84 Å². The first kappa shape index (κ1) is 15.6. The maximum absolute atomic E-state index is 12.7. The lowest BCUT2D eigenvalue weighted by Crippen LogP contribution is -2.41. The van der Waals surface area contributed by atoms with Crippen molar-refractivity contribution in [3.05, 3.63) is 22.4 Å². The van der Waals surface area contributed by atoms with Crippen LogP contribution in [0.3, 0.4) is 0 Å². The third-order valence-electron chi connectivity index (χ3n) is 3.67. The molecule has 1 aliphatic heterocycles. The highest BCUT2D eigenvalue weighted by Crippen LogP contribution is 2.22. The minimum atomic E-state index is -2.99. The van der Waals surface area contributed by atoms with Crippen LogP contribution >= 0.6 is 15.9 Å². The SMILES string of the molecule is CCN(C(=O)c1cc(Br)cn1CC)C1CCS(=O)(=O)C1. The maximum atomic E-state index is 12.7. The van der Waals surface area contributed by atoms with Crippen molar-refractivity contribution >= 4 is 31.7 Å². The van der Waals surface area contributed by atoms with Crippen LogP contribution in [0.1, 0.15) is 30.8 Å². The summed E-state index contributed by atoms with van der Waals surface area (Å²) in [6, 6.07) is 1.59. The second kappa shape index (κ2) is 5.89. The largest absolute Gasteiger partial charge is 0.343 e. The van der Waals surface area contributed by atoms with E-state index in [0.717, 1.165) is 4.47 Å². The molecule has 0 saturated carbocycles.